The monoisotopic (exact) mass is 300 g/mol. The number of hydrogen-bond acceptors (Lipinski definition) is 0. The van der Waals surface area contributed by atoms with E-state index in [1.165, 1.54) is 12.1 Å². The Morgan fingerprint density at radius 3 is 2.21 bits per heavy atom. The van der Waals surface area contributed by atoms with Gasteiger partial charge in [-0.25, -0.2) is 8.78 Å². The molecule has 0 aliphatic heterocycles. The fraction of sp³-hybridized carbons (Fsp3) is 0.200. The van der Waals surface area contributed by atoms with Crippen molar-refractivity contribution in [3.8, 4) is 0 Å². The van der Waals surface area contributed by atoms with E-state index in [4.69, 9.17) is 23.2 Å². The topological polar surface area (TPSA) is 0 Å². The van der Waals surface area contributed by atoms with Gasteiger partial charge in [-0.05, 0) is 54.3 Å². The normalized spacial score (nSPS) is 12.5. The van der Waals surface area contributed by atoms with Gasteiger partial charge in [-0.3, -0.25) is 0 Å². The van der Waals surface area contributed by atoms with Gasteiger partial charge in [0.1, 0.15) is 11.6 Å². The molecule has 0 amide bonds. The number of rotatable bonds is 2. The average Bonchev–Trinajstić information content (AvgIpc) is 2.36. The Kier molecular flexibility index (Phi) is 4.12. The minimum absolute atomic E-state index is 0.240. The summed E-state index contributed by atoms with van der Waals surface area (Å²) < 4.78 is 26.9. The quantitative estimate of drug-likeness (QED) is 0.637. The van der Waals surface area contributed by atoms with Crippen molar-refractivity contribution in [1.29, 1.82) is 0 Å². The highest BCUT2D eigenvalue weighted by Gasteiger charge is 2.17. The Hall–Kier alpha value is -1.12. The zero-order chi connectivity index (χ0) is 14.2. The van der Waals surface area contributed by atoms with Gasteiger partial charge in [-0.15, -0.1) is 11.6 Å². The fourth-order valence-electron chi connectivity index (χ4n) is 1.82. The minimum Gasteiger partial charge on any atom is -0.207 e. The van der Waals surface area contributed by atoms with Crippen molar-refractivity contribution in [3.63, 3.8) is 0 Å². The average molecular weight is 301 g/mol. The lowest BCUT2D eigenvalue weighted by Gasteiger charge is -2.14. The van der Waals surface area contributed by atoms with Crippen LogP contribution in [0.3, 0.4) is 0 Å². The van der Waals surface area contributed by atoms with E-state index >= 15 is 0 Å². The van der Waals surface area contributed by atoms with Gasteiger partial charge in [0.15, 0.2) is 0 Å². The molecule has 19 heavy (non-hydrogen) atoms. The van der Waals surface area contributed by atoms with Gasteiger partial charge in [0.05, 0.1) is 5.38 Å². The summed E-state index contributed by atoms with van der Waals surface area (Å²) in [6, 6.07) is 7.59. The van der Waals surface area contributed by atoms with Crippen molar-refractivity contribution in [2.24, 2.45) is 0 Å². The van der Waals surface area contributed by atoms with E-state index in [9.17, 15) is 8.78 Å². The lowest BCUT2D eigenvalue weighted by Crippen LogP contribution is -1.98. The predicted octanol–water partition coefficient (Wildman–Crippen LogP) is 5.56. The second-order valence-electron chi connectivity index (χ2n) is 4.49. The van der Waals surface area contributed by atoms with Crippen LogP contribution in [0.4, 0.5) is 8.78 Å². The van der Waals surface area contributed by atoms with Crippen molar-refractivity contribution >= 4 is 23.2 Å². The Morgan fingerprint density at radius 1 is 0.947 bits per heavy atom. The summed E-state index contributed by atoms with van der Waals surface area (Å²) in [7, 11) is 0. The van der Waals surface area contributed by atoms with Gasteiger partial charge in [-0.2, -0.15) is 0 Å². The molecule has 4 heteroatoms. The van der Waals surface area contributed by atoms with Crippen molar-refractivity contribution in [2.75, 3.05) is 0 Å². The van der Waals surface area contributed by atoms with Crippen molar-refractivity contribution in [1.82, 2.24) is 0 Å². The smallest absolute Gasteiger partial charge is 0.127 e. The van der Waals surface area contributed by atoms with Crippen LogP contribution in [0.1, 0.15) is 27.6 Å². The summed E-state index contributed by atoms with van der Waals surface area (Å²) in [4.78, 5) is 0. The minimum atomic E-state index is -0.609. The van der Waals surface area contributed by atoms with Gasteiger partial charge >= 0.3 is 0 Å². The van der Waals surface area contributed by atoms with Gasteiger partial charge in [0.25, 0.3) is 0 Å². The van der Waals surface area contributed by atoms with E-state index in [0.717, 1.165) is 0 Å². The highest BCUT2D eigenvalue weighted by molar-refractivity contribution is 6.33. The molecule has 1 unspecified atom stereocenters. The first-order valence-corrected chi connectivity index (χ1v) is 6.57. The van der Waals surface area contributed by atoms with Crippen molar-refractivity contribution in [2.45, 2.75) is 19.2 Å². The molecule has 2 aromatic carbocycles. The highest BCUT2D eigenvalue weighted by Crippen LogP contribution is 2.35. The first-order valence-electron chi connectivity index (χ1n) is 5.76. The number of hydrogen-bond donors (Lipinski definition) is 0. The van der Waals surface area contributed by atoms with Gasteiger partial charge in [0.2, 0.25) is 0 Å². The fourth-order valence-corrected chi connectivity index (χ4v) is 2.45. The Bertz CT molecular complexity index is 624. The van der Waals surface area contributed by atoms with Crippen LogP contribution < -0.4 is 0 Å². The first kappa shape index (κ1) is 14.3. The number of alkyl halides is 1. The molecule has 0 aliphatic rings. The lowest BCUT2D eigenvalue weighted by atomic mass is 10.0. The maximum absolute atomic E-state index is 13.5. The summed E-state index contributed by atoms with van der Waals surface area (Å²) in [5.74, 6) is -0.703. The number of halogens is 4. The predicted molar refractivity (Wildman–Crippen MR) is 75.0 cm³/mol. The van der Waals surface area contributed by atoms with Crippen LogP contribution in [-0.2, 0) is 0 Å². The van der Waals surface area contributed by atoms with Crippen LogP contribution in [-0.4, -0.2) is 0 Å². The second-order valence-corrected chi connectivity index (χ2v) is 5.34. The Balaban J connectivity index is 2.46. The van der Waals surface area contributed by atoms with E-state index < -0.39 is 5.38 Å². The van der Waals surface area contributed by atoms with Gasteiger partial charge in [0, 0.05) is 5.02 Å². The van der Waals surface area contributed by atoms with E-state index in [1.807, 2.05) is 0 Å². The van der Waals surface area contributed by atoms with Crippen molar-refractivity contribution in [3.05, 3.63) is 69.2 Å². The SMILES string of the molecule is Cc1ccc(C(Cl)c2cc(C)c(F)cc2Cl)cc1F. The maximum Gasteiger partial charge on any atom is 0.127 e. The summed E-state index contributed by atoms with van der Waals surface area (Å²) in [5.41, 5.74) is 2.18. The zero-order valence-corrected chi connectivity index (χ0v) is 12.0. The molecular formula is C15H12Cl2F2. The molecule has 2 rings (SSSR count). The molecule has 1 atom stereocenters. The third-order valence-electron chi connectivity index (χ3n) is 3.04. The molecule has 0 saturated heterocycles. The van der Waals surface area contributed by atoms with Gasteiger partial charge < -0.3 is 0 Å². The third-order valence-corrected chi connectivity index (χ3v) is 3.85. The largest absolute Gasteiger partial charge is 0.207 e. The second kappa shape index (κ2) is 5.48. The van der Waals surface area contributed by atoms with Crippen LogP contribution in [0.2, 0.25) is 5.02 Å². The standard InChI is InChI=1S/C15H12Cl2F2/c1-8-3-4-10(6-13(8)18)15(17)11-5-9(2)14(19)7-12(11)16/h3-7,15H,1-2H3. The van der Waals surface area contributed by atoms with E-state index in [1.54, 1.807) is 32.0 Å². The van der Waals surface area contributed by atoms with Crippen LogP contribution >= 0.6 is 23.2 Å². The Morgan fingerprint density at radius 2 is 1.58 bits per heavy atom. The third kappa shape index (κ3) is 2.90. The molecule has 0 fully saturated rings. The van der Waals surface area contributed by atoms with Crippen LogP contribution in [0, 0.1) is 25.5 Å². The molecule has 100 valence electrons. The summed E-state index contributed by atoms with van der Waals surface area (Å²) in [6.45, 7) is 3.31. The zero-order valence-electron chi connectivity index (χ0n) is 10.5. The maximum atomic E-state index is 13.5. The van der Waals surface area contributed by atoms with E-state index in [2.05, 4.69) is 0 Å². The summed E-state index contributed by atoms with van der Waals surface area (Å²) in [5, 5.41) is -0.369. The molecule has 0 saturated carbocycles. The first-order chi connectivity index (χ1) is 8.90. The molecule has 0 aromatic heterocycles. The van der Waals surface area contributed by atoms with Crippen LogP contribution in [0.25, 0.3) is 0 Å². The molecule has 0 N–H and O–H groups in total. The van der Waals surface area contributed by atoms with E-state index in [-0.39, 0.29) is 16.7 Å². The molecule has 0 bridgehead atoms. The molecule has 0 heterocycles. The Labute approximate surface area is 121 Å². The molecule has 0 aliphatic carbocycles. The lowest BCUT2D eigenvalue weighted by molar-refractivity contribution is 0.615. The van der Waals surface area contributed by atoms with Crippen LogP contribution in [0.5, 0.6) is 0 Å². The van der Waals surface area contributed by atoms with E-state index in [0.29, 0.717) is 22.3 Å². The van der Waals surface area contributed by atoms with Crippen LogP contribution in [0.15, 0.2) is 30.3 Å². The summed E-state index contributed by atoms with van der Waals surface area (Å²) in [6.07, 6.45) is 0. The molecule has 0 radical (unpaired) electrons. The number of benzene rings is 2. The highest BCUT2D eigenvalue weighted by atomic mass is 35.5. The molecule has 0 nitrogen and oxygen atoms in total. The van der Waals surface area contributed by atoms with Crippen molar-refractivity contribution < 1.29 is 8.78 Å². The molecular weight excluding hydrogens is 289 g/mol. The summed E-state index contributed by atoms with van der Waals surface area (Å²) >= 11 is 12.3. The number of aryl methyl sites for hydroxylation is 2. The van der Waals surface area contributed by atoms with Gasteiger partial charge in [-0.1, -0.05) is 23.7 Å². The molecule has 2 aromatic rings. The molecule has 0 spiro atoms.